The van der Waals surface area contributed by atoms with Gasteiger partial charge < -0.3 is 15.4 Å². The lowest BCUT2D eigenvalue weighted by Gasteiger charge is -2.39. The van der Waals surface area contributed by atoms with E-state index in [2.05, 4.69) is 29.2 Å². The number of rotatable bonds is 5. The van der Waals surface area contributed by atoms with Crippen molar-refractivity contribution in [2.75, 3.05) is 26.3 Å². The third-order valence-corrected chi connectivity index (χ3v) is 3.33. The summed E-state index contributed by atoms with van der Waals surface area (Å²) in [5.74, 6) is -0.521. The molecule has 4 nitrogen and oxygen atoms in total. The molecule has 0 bridgehead atoms. The summed E-state index contributed by atoms with van der Waals surface area (Å²) < 4.78 is 39.7. The molecule has 7 heteroatoms. The summed E-state index contributed by atoms with van der Waals surface area (Å²) in [4.78, 5) is 11.4. The van der Waals surface area contributed by atoms with Gasteiger partial charge in [0, 0.05) is 12.6 Å². The Balaban J connectivity index is 2.22. The van der Waals surface area contributed by atoms with E-state index in [0.717, 1.165) is 19.4 Å². The van der Waals surface area contributed by atoms with Crippen LogP contribution >= 0.6 is 0 Å². The highest BCUT2D eigenvalue weighted by molar-refractivity contribution is 5.77. The quantitative estimate of drug-likeness (QED) is 0.802. The summed E-state index contributed by atoms with van der Waals surface area (Å²) in [6.45, 7) is 3.56. The van der Waals surface area contributed by atoms with E-state index in [9.17, 15) is 18.0 Å². The third-order valence-electron chi connectivity index (χ3n) is 3.33. The van der Waals surface area contributed by atoms with Crippen molar-refractivity contribution in [2.24, 2.45) is 5.41 Å². The Morgan fingerprint density at radius 3 is 2.74 bits per heavy atom. The van der Waals surface area contributed by atoms with Crippen molar-refractivity contribution in [3.8, 4) is 0 Å². The van der Waals surface area contributed by atoms with Gasteiger partial charge in [-0.25, -0.2) is 0 Å². The van der Waals surface area contributed by atoms with Crippen molar-refractivity contribution in [1.29, 1.82) is 0 Å². The monoisotopic (exact) mass is 282 g/mol. The Morgan fingerprint density at radius 1 is 1.47 bits per heavy atom. The van der Waals surface area contributed by atoms with Crippen LogP contribution in [0.4, 0.5) is 13.2 Å². The predicted octanol–water partition coefficient (Wildman–Crippen LogP) is 1.46. The molecule has 1 atom stereocenters. The van der Waals surface area contributed by atoms with Crippen LogP contribution in [0.1, 0.15) is 26.7 Å². The molecule has 0 aliphatic carbocycles. The zero-order chi connectivity index (χ0) is 14.5. The standard InChI is InChI=1S/C12H21F3N2O2/c1-11(2)4-3-5-16-9(11)6-17-10(18)7-19-8-12(13,14)15/h9,16H,3-8H2,1-2H3,(H,17,18). The normalized spacial score (nSPS) is 23.1. The van der Waals surface area contributed by atoms with E-state index in [1.54, 1.807) is 0 Å². The zero-order valence-corrected chi connectivity index (χ0v) is 11.3. The Morgan fingerprint density at radius 2 is 2.16 bits per heavy atom. The minimum atomic E-state index is -4.40. The lowest BCUT2D eigenvalue weighted by atomic mass is 9.77. The van der Waals surface area contributed by atoms with Crippen LogP contribution in [0.3, 0.4) is 0 Å². The SMILES string of the molecule is CC1(C)CCCNC1CNC(=O)COCC(F)(F)F. The van der Waals surface area contributed by atoms with E-state index >= 15 is 0 Å². The van der Waals surface area contributed by atoms with Crippen molar-refractivity contribution in [3.05, 3.63) is 0 Å². The first-order valence-corrected chi connectivity index (χ1v) is 6.35. The molecule has 0 radical (unpaired) electrons. The maximum Gasteiger partial charge on any atom is 0.411 e. The van der Waals surface area contributed by atoms with Crippen LogP contribution in [0.25, 0.3) is 0 Å². The highest BCUT2D eigenvalue weighted by Gasteiger charge is 2.32. The van der Waals surface area contributed by atoms with E-state index < -0.39 is 25.3 Å². The molecule has 1 aliphatic heterocycles. The summed E-state index contributed by atoms with van der Waals surface area (Å²) in [7, 11) is 0. The summed E-state index contributed by atoms with van der Waals surface area (Å²) in [5, 5.41) is 5.91. The number of alkyl halides is 3. The van der Waals surface area contributed by atoms with Gasteiger partial charge in [-0.3, -0.25) is 4.79 Å². The number of hydrogen-bond acceptors (Lipinski definition) is 3. The van der Waals surface area contributed by atoms with Crippen LogP contribution in [0, 0.1) is 5.41 Å². The van der Waals surface area contributed by atoms with Crippen LogP contribution < -0.4 is 10.6 Å². The van der Waals surface area contributed by atoms with Crippen molar-refractivity contribution in [2.45, 2.75) is 38.9 Å². The van der Waals surface area contributed by atoms with Crippen molar-refractivity contribution >= 4 is 5.91 Å². The van der Waals surface area contributed by atoms with E-state index in [1.807, 2.05) is 0 Å². The second-order valence-electron chi connectivity index (χ2n) is 5.51. The van der Waals surface area contributed by atoms with Crippen LogP contribution in [0.2, 0.25) is 0 Å². The van der Waals surface area contributed by atoms with E-state index in [4.69, 9.17) is 0 Å². The second-order valence-corrected chi connectivity index (χ2v) is 5.51. The molecule has 112 valence electrons. The molecule has 0 spiro atoms. The maximum absolute atomic E-state index is 11.8. The molecule has 1 aliphatic rings. The molecule has 19 heavy (non-hydrogen) atoms. The first-order chi connectivity index (χ1) is 8.71. The summed E-state index contributed by atoms with van der Waals surface area (Å²) in [6.07, 6.45) is -2.25. The van der Waals surface area contributed by atoms with Crippen LogP contribution in [0.5, 0.6) is 0 Å². The number of carbonyl (C=O) groups excluding carboxylic acids is 1. The number of piperidine rings is 1. The number of halogens is 3. The lowest BCUT2D eigenvalue weighted by molar-refractivity contribution is -0.175. The van der Waals surface area contributed by atoms with Crippen LogP contribution in [0.15, 0.2) is 0 Å². The molecule has 1 rings (SSSR count). The van der Waals surface area contributed by atoms with Gasteiger partial charge in [0.15, 0.2) is 0 Å². The molecule has 1 amide bonds. The van der Waals surface area contributed by atoms with Gasteiger partial charge in [-0.1, -0.05) is 13.8 Å². The highest BCUT2D eigenvalue weighted by Crippen LogP contribution is 2.29. The number of nitrogens with one attached hydrogen (secondary N) is 2. The summed E-state index contributed by atoms with van der Waals surface area (Å²) in [5.41, 5.74) is 0.0678. The summed E-state index contributed by atoms with van der Waals surface area (Å²) >= 11 is 0. The fraction of sp³-hybridized carbons (Fsp3) is 0.917. The largest absolute Gasteiger partial charge is 0.411 e. The van der Waals surface area contributed by atoms with Gasteiger partial charge in [0.2, 0.25) is 5.91 Å². The average Bonchev–Trinajstić information content (AvgIpc) is 2.25. The van der Waals surface area contributed by atoms with Gasteiger partial charge in [0.1, 0.15) is 13.2 Å². The first kappa shape index (κ1) is 16.2. The first-order valence-electron chi connectivity index (χ1n) is 6.35. The second kappa shape index (κ2) is 6.56. The van der Waals surface area contributed by atoms with Crippen molar-refractivity contribution < 1.29 is 22.7 Å². The number of amides is 1. The van der Waals surface area contributed by atoms with Crippen LogP contribution in [-0.2, 0) is 9.53 Å². The Hall–Kier alpha value is -0.820. The molecule has 1 saturated heterocycles. The average molecular weight is 282 g/mol. The Labute approximate surface area is 111 Å². The number of ether oxygens (including phenoxy) is 1. The minimum Gasteiger partial charge on any atom is -0.362 e. The van der Waals surface area contributed by atoms with Gasteiger partial charge in [0.05, 0.1) is 0 Å². The molecular formula is C12H21F3N2O2. The van der Waals surface area contributed by atoms with Gasteiger partial charge in [-0.15, -0.1) is 0 Å². The molecule has 2 N–H and O–H groups in total. The minimum absolute atomic E-state index is 0.0678. The number of hydrogen-bond donors (Lipinski definition) is 2. The topological polar surface area (TPSA) is 50.4 Å². The molecule has 1 fully saturated rings. The van der Waals surface area contributed by atoms with Crippen molar-refractivity contribution in [1.82, 2.24) is 10.6 Å². The highest BCUT2D eigenvalue weighted by atomic mass is 19.4. The Kier molecular flexibility index (Phi) is 5.61. The molecule has 0 saturated carbocycles. The smallest absolute Gasteiger partial charge is 0.362 e. The van der Waals surface area contributed by atoms with Gasteiger partial charge >= 0.3 is 6.18 Å². The van der Waals surface area contributed by atoms with Gasteiger partial charge in [-0.2, -0.15) is 13.2 Å². The van der Waals surface area contributed by atoms with Crippen molar-refractivity contribution in [3.63, 3.8) is 0 Å². The zero-order valence-electron chi connectivity index (χ0n) is 11.3. The maximum atomic E-state index is 11.8. The van der Waals surface area contributed by atoms with E-state index in [0.29, 0.717) is 6.54 Å². The Bertz CT molecular complexity index is 306. The number of carbonyl (C=O) groups is 1. The third kappa shape index (κ3) is 6.24. The lowest BCUT2D eigenvalue weighted by Crippen LogP contribution is -2.53. The summed E-state index contributed by atoms with van der Waals surface area (Å²) in [6, 6.07) is 0.132. The molecule has 0 aromatic heterocycles. The molecule has 1 unspecified atom stereocenters. The van der Waals surface area contributed by atoms with Crippen LogP contribution in [-0.4, -0.2) is 44.4 Å². The molecule has 0 aromatic carbocycles. The predicted molar refractivity (Wildman–Crippen MR) is 64.7 cm³/mol. The van der Waals surface area contributed by atoms with E-state index in [1.165, 1.54) is 0 Å². The fourth-order valence-corrected chi connectivity index (χ4v) is 2.15. The van der Waals surface area contributed by atoms with Gasteiger partial charge in [-0.05, 0) is 24.8 Å². The molecule has 0 aromatic rings. The van der Waals surface area contributed by atoms with Gasteiger partial charge in [0.25, 0.3) is 0 Å². The van der Waals surface area contributed by atoms with E-state index in [-0.39, 0.29) is 11.5 Å². The molecule has 1 heterocycles. The fourth-order valence-electron chi connectivity index (χ4n) is 2.15. The molecular weight excluding hydrogens is 261 g/mol.